The van der Waals surface area contributed by atoms with E-state index < -0.39 is 11.9 Å². The first kappa shape index (κ1) is 13.6. The normalized spacial score (nSPS) is 22.7. The lowest BCUT2D eigenvalue weighted by atomic mass is 9.98. The van der Waals surface area contributed by atoms with Crippen LogP contribution in [-0.4, -0.2) is 17.0 Å². The number of amides is 1. The van der Waals surface area contributed by atoms with Crippen LogP contribution in [0.15, 0.2) is 18.2 Å². The Bertz CT molecular complexity index is 524. The van der Waals surface area contributed by atoms with Gasteiger partial charge in [-0.25, -0.2) is 0 Å². The van der Waals surface area contributed by atoms with Crippen LogP contribution in [0.25, 0.3) is 0 Å². The first-order valence-corrected chi connectivity index (χ1v) is 6.51. The fourth-order valence-corrected chi connectivity index (χ4v) is 2.40. The minimum Gasteiger partial charge on any atom is -0.481 e. The van der Waals surface area contributed by atoms with Crippen molar-refractivity contribution in [1.82, 2.24) is 5.32 Å². The number of benzene rings is 1. The summed E-state index contributed by atoms with van der Waals surface area (Å²) >= 11 is 0. The summed E-state index contributed by atoms with van der Waals surface area (Å²) in [6.45, 7) is 6.00. The van der Waals surface area contributed by atoms with Crippen molar-refractivity contribution in [2.24, 2.45) is 11.8 Å². The highest BCUT2D eigenvalue weighted by atomic mass is 16.4. The van der Waals surface area contributed by atoms with Crippen LogP contribution in [0, 0.1) is 25.7 Å². The van der Waals surface area contributed by atoms with Crippen LogP contribution >= 0.6 is 0 Å². The van der Waals surface area contributed by atoms with Crippen molar-refractivity contribution in [3.05, 3.63) is 34.9 Å². The maximum atomic E-state index is 11.9. The molecule has 4 heteroatoms. The molecule has 0 aliphatic heterocycles. The topological polar surface area (TPSA) is 66.4 Å². The second-order valence-electron chi connectivity index (χ2n) is 5.31. The molecule has 1 aromatic carbocycles. The second-order valence-corrected chi connectivity index (χ2v) is 5.31. The van der Waals surface area contributed by atoms with Crippen LogP contribution in [0.4, 0.5) is 0 Å². The van der Waals surface area contributed by atoms with E-state index in [-0.39, 0.29) is 17.9 Å². The summed E-state index contributed by atoms with van der Waals surface area (Å²) in [5.74, 6) is -1.88. The zero-order valence-corrected chi connectivity index (χ0v) is 11.4. The second kappa shape index (κ2) is 5.03. The van der Waals surface area contributed by atoms with Gasteiger partial charge in [0, 0.05) is 0 Å². The van der Waals surface area contributed by atoms with E-state index in [1.807, 2.05) is 39.0 Å². The van der Waals surface area contributed by atoms with E-state index >= 15 is 0 Å². The number of carbonyl (C=O) groups excluding carboxylic acids is 1. The van der Waals surface area contributed by atoms with Gasteiger partial charge in [0.2, 0.25) is 5.91 Å². The number of nitrogens with one attached hydrogen (secondary N) is 1. The molecule has 0 heterocycles. The lowest BCUT2D eigenvalue weighted by molar-refractivity contribution is -0.140. The average Bonchev–Trinajstić information content (AvgIpc) is 3.12. The van der Waals surface area contributed by atoms with Crippen molar-refractivity contribution in [2.45, 2.75) is 33.2 Å². The van der Waals surface area contributed by atoms with E-state index in [2.05, 4.69) is 5.32 Å². The molecule has 0 spiro atoms. The molecule has 0 aromatic heterocycles. The summed E-state index contributed by atoms with van der Waals surface area (Å²) < 4.78 is 0. The van der Waals surface area contributed by atoms with Gasteiger partial charge < -0.3 is 10.4 Å². The van der Waals surface area contributed by atoms with Crippen molar-refractivity contribution >= 4 is 11.9 Å². The SMILES string of the molecule is Cc1cccc([C@H](C)NC(=O)[C@@H]2C[C@H]2C(=O)O)c1C. The van der Waals surface area contributed by atoms with Gasteiger partial charge in [-0.1, -0.05) is 18.2 Å². The summed E-state index contributed by atoms with van der Waals surface area (Å²) in [5.41, 5.74) is 3.44. The number of carboxylic acids is 1. The van der Waals surface area contributed by atoms with Gasteiger partial charge in [0.15, 0.2) is 0 Å². The Morgan fingerprint density at radius 3 is 2.58 bits per heavy atom. The third kappa shape index (κ3) is 2.78. The molecule has 1 aromatic rings. The molecule has 1 saturated carbocycles. The quantitative estimate of drug-likeness (QED) is 0.873. The predicted octanol–water partition coefficient (Wildman–Crippen LogP) is 2.20. The molecule has 0 bridgehead atoms. The fraction of sp³-hybridized carbons (Fsp3) is 0.467. The van der Waals surface area contributed by atoms with Crippen LogP contribution in [0.2, 0.25) is 0 Å². The van der Waals surface area contributed by atoms with E-state index in [1.54, 1.807) is 0 Å². The molecule has 1 amide bonds. The van der Waals surface area contributed by atoms with Crippen LogP contribution in [-0.2, 0) is 9.59 Å². The largest absolute Gasteiger partial charge is 0.481 e. The molecule has 2 rings (SSSR count). The molecule has 1 aliphatic carbocycles. The maximum Gasteiger partial charge on any atom is 0.307 e. The molecule has 0 unspecified atom stereocenters. The van der Waals surface area contributed by atoms with Gasteiger partial charge in [0.05, 0.1) is 17.9 Å². The summed E-state index contributed by atoms with van der Waals surface area (Å²) in [5, 5.41) is 11.7. The number of hydrogen-bond donors (Lipinski definition) is 2. The van der Waals surface area contributed by atoms with Gasteiger partial charge in [0.25, 0.3) is 0 Å². The Hall–Kier alpha value is -1.84. The number of carbonyl (C=O) groups is 2. The Kier molecular flexibility index (Phi) is 3.60. The molecule has 2 N–H and O–H groups in total. The van der Waals surface area contributed by atoms with E-state index in [0.717, 1.165) is 5.56 Å². The highest BCUT2D eigenvalue weighted by Gasteiger charge is 2.48. The summed E-state index contributed by atoms with van der Waals surface area (Å²) in [4.78, 5) is 22.7. The number of carboxylic acid groups (broad SMARTS) is 1. The Morgan fingerprint density at radius 2 is 2.00 bits per heavy atom. The van der Waals surface area contributed by atoms with E-state index in [1.165, 1.54) is 11.1 Å². The molecule has 102 valence electrons. The average molecular weight is 261 g/mol. The minimum absolute atomic E-state index is 0.0950. The summed E-state index contributed by atoms with van der Waals surface area (Å²) in [6, 6.07) is 5.91. The van der Waals surface area contributed by atoms with Crippen molar-refractivity contribution < 1.29 is 14.7 Å². The first-order valence-electron chi connectivity index (χ1n) is 6.51. The van der Waals surface area contributed by atoms with Gasteiger partial charge in [-0.15, -0.1) is 0 Å². The zero-order chi connectivity index (χ0) is 14.2. The summed E-state index contributed by atoms with van der Waals surface area (Å²) in [6.07, 6.45) is 0.459. The Balaban J connectivity index is 2.02. The van der Waals surface area contributed by atoms with E-state index in [9.17, 15) is 9.59 Å². The molecule has 0 saturated heterocycles. The maximum absolute atomic E-state index is 11.9. The van der Waals surface area contributed by atoms with Crippen molar-refractivity contribution in [3.63, 3.8) is 0 Å². The molecule has 19 heavy (non-hydrogen) atoms. The molecule has 1 aliphatic rings. The zero-order valence-electron chi connectivity index (χ0n) is 11.4. The Labute approximate surface area is 112 Å². The molecular weight excluding hydrogens is 242 g/mol. The van der Waals surface area contributed by atoms with Crippen LogP contribution in [0.5, 0.6) is 0 Å². The lowest BCUT2D eigenvalue weighted by Gasteiger charge is -2.17. The van der Waals surface area contributed by atoms with Crippen LogP contribution in [0.1, 0.15) is 36.1 Å². The molecule has 0 radical (unpaired) electrons. The van der Waals surface area contributed by atoms with Crippen molar-refractivity contribution in [2.75, 3.05) is 0 Å². The van der Waals surface area contributed by atoms with Crippen molar-refractivity contribution in [3.8, 4) is 0 Å². The third-order valence-corrected chi connectivity index (χ3v) is 3.92. The fourth-order valence-electron chi connectivity index (χ4n) is 2.40. The standard InChI is InChI=1S/C15H19NO3/c1-8-5-4-6-11(9(8)2)10(3)16-14(17)12-7-13(12)15(18)19/h4-6,10,12-13H,7H2,1-3H3,(H,16,17)(H,18,19)/t10-,12+,13+/m0/s1. The van der Waals surface area contributed by atoms with Gasteiger partial charge in [-0.3, -0.25) is 9.59 Å². The molecule has 3 atom stereocenters. The third-order valence-electron chi connectivity index (χ3n) is 3.92. The highest BCUT2D eigenvalue weighted by molar-refractivity contribution is 5.89. The number of hydrogen-bond acceptors (Lipinski definition) is 2. The first-order chi connectivity index (χ1) is 8.91. The minimum atomic E-state index is -0.875. The number of aryl methyl sites for hydroxylation is 1. The Morgan fingerprint density at radius 1 is 1.32 bits per heavy atom. The molecule has 1 fully saturated rings. The monoisotopic (exact) mass is 261 g/mol. The smallest absolute Gasteiger partial charge is 0.307 e. The lowest BCUT2D eigenvalue weighted by Crippen LogP contribution is -2.29. The van der Waals surface area contributed by atoms with Gasteiger partial charge in [0.1, 0.15) is 0 Å². The van der Waals surface area contributed by atoms with Crippen molar-refractivity contribution in [1.29, 1.82) is 0 Å². The molecular formula is C15H19NO3. The van der Waals surface area contributed by atoms with Gasteiger partial charge in [-0.05, 0) is 43.9 Å². The highest BCUT2D eigenvalue weighted by Crippen LogP contribution is 2.39. The predicted molar refractivity (Wildman–Crippen MR) is 71.7 cm³/mol. The molecule has 4 nitrogen and oxygen atoms in total. The van der Waals surface area contributed by atoms with E-state index in [0.29, 0.717) is 6.42 Å². The van der Waals surface area contributed by atoms with Gasteiger partial charge in [-0.2, -0.15) is 0 Å². The van der Waals surface area contributed by atoms with Crippen LogP contribution < -0.4 is 5.32 Å². The van der Waals surface area contributed by atoms with E-state index in [4.69, 9.17) is 5.11 Å². The number of rotatable bonds is 4. The van der Waals surface area contributed by atoms with Gasteiger partial charge >= 0.3 is 5.97 Å². The summed E-state index contributed by atoms with van der Waals surface area (Å²) in [7, 11) is 0. The van der Waals surface area contributed by atoms with Crippen LogP contribution in [0.3, 0.4) is 0 Å². The number of aliphatic carboxylic acids is 1.